The number of fused-ring (bicyclic) bond motifs is 1. The summed E-state index contributed by atoms with van der Waals surface area (Å²) in [6, 6.07) is 6.52. The van der Waals surface area contributed by atoms with Crippen molar-refractivity contribution in [3.05, 3.63) is 47.3 Å². The van der Waals surface area contributed by atoms with E-state index in [-0.39, 0.29) is 22.1 Å². The molecule has 1 aromatic heterocycles. The fourth-order valence-corrected chi connectivity index (χ4v) is 5.26. The summed E-state index contributed by atoms with van der Waals surface area (Å²) in [5.41, 5.74) is 3.14. The third-order valence-electron chi connectivity index (χ3n) is 4.60. The maximum Gasteiger partial charge on any atom is 0.324 e. The third-order valence-corrected chi connectivity index (χ3v) is 5.87. The number of hydrogen-bond acceptors (Lipinski definition) is 5. The highest BCUT2D eigenvalue weighted by molar-refractivity contribution is 8.00. The van der Waals surface area contributed by atoms with Gasteiger partial charge in [-0.15, -0.1) is 11.8 Å². The molecule has 2 aromatic rings. The molecule has 0 N–H and O–H groups in total. The molecule has 0 amide bonds. The molecule has 3 rings (SSSR count). The third kappa shape index (κ3) is 4.94. The lowest BCUT2D eigenvalue weighted by molar-refractivity contribution is -0.134. The summed E-state index contributed by atoms with van der Waals surface area (Å²) in [6.07, 6.45) is 5.37. The maximum atomic E-state index is 11.5. The molecule has 5 heteroatoms. The summed E-state index contributed by atoms with van der Waals surface area (Å²) < 4.78 is 5.30. The minimum absolute atomic E-state index is 0.0687. The number of ether oxygens (including phenoxy) is 1. The van der Waals surface area contributed by atoms with Gasteiger partial charge in [-0.05, 0) is 42.0 Å². The Bertz CT molecular complexity index is 937. The molecule has 0 fully saturated rings. The van der Waals surface area contributed by atoms with Gasteiger partial charge in [0, 0.05) is 34.0 Å². The fourth-order valence-electron chi connectivity index (χ4n) is 3.65. The van der Waals surface area contributed by atoms with Gasteiger partial charge in [0.2, 0.25) is 0 Å². The van der Waals surface area contributed by atoms with Crippen molar-refractivity contribution in [3.63, 3.8) is 0 Å². The Hall–Kier alpha value is -2.32. The zero-order valence-electron chi connectivity index (χ0n) is 17.1. The van der Waals surface area contributed by atoms with Crippen molar-refractivity contribution in [1.82, 2.24) is 9.97 Å². The molecular formula is C23H26N2O2S. The second-order valence-electron chi connectivity index (χ2n) is 8.36. The molecule has 1 aliphatic rings. The van der Waals surface area contributed by atoms with E-state index >= 15 is 0 Å². The molecule has 0 bridgehead atoms. The van der Waals surface area contributed by atoms with Crippen LogP contribution in [-0.4, -0.2) is 20.7 Å². The van der Waals surface area contributed by atoms with Crippen LogP contribution in [0, 0.1) is 11.8 Å². The highest BCUT2D eigenvalue weighted by atomic mass is 32.2. The molecular weight excluding hydrogens is 368 g/mol. The summed E-state index contributed by atoms with van der Waals surface area (Å²) in [5, 5.41) is 0. The number of thioether (sulfide) groups is 1. The summed E-state index contributed by atoms with van der Waals surface area (Å²) in [5.74, 6) is 5.98. The maximum absolute atomic E-state index is 11.5. The zero-order chi connectivity index (χ0) is 20.4. The van der Waals surface area contributed by atoms with E-state index in [0.717, 1.165) is 18.4 Å². The number of carbonyl (C=O) groups excluding carboxylic acids is 1. The highest BCUT2D eigenvalue weighted by Crippen LogP contribution is 2.50. The monoisotopic (exact) mass is 394 g/mol. The average molecular weight is 395 g/mol. The van der Waals surface area contributed by atoms with E-state index in [4.69, 9.17) is 4.74 Å². The Morgan fingerprint density at radius 2 is 1.82 bits per heavy atom. The zero-order valence-corrected chi connectivity index (χ0v) is 17.9. The van der Waals surface area contributed by atoms with Crippen LogP contribution in [0.1, 0.15) is 70.6 Å². The lowest BCUT2D eigenvalue weighted by Gasteiger charge is -2.41. The Morgan fingerprint density at radius 3 is 2.50 bits per heavy atom. The fraction of sp³-hybridized carbons (Fsp3) is 0.435. The first-order valence-electron chi connectivity index (χ1n) is 9.57. The molecule has 0 saturated heterocycles. The minimum Gasteiger partial charge on any atom is -0.391 e. The Kier molecular flexibility index (Phi) is 5.81. The molecule has 0 spiro atoms. The van der Waals surface area contributed by atoms with Gasteiger partial charge in [0.25, 0.3) is 0 Å². The van der Waals surface area contributed by atoms with Gasteiger partial charge in [-0.2, -0.15) is 0 Å². The standard InChI is InChI=1S/C23H26N2O2S/c1-6-7-20(26)27-21-24-13-17(14-25-21)9-8-16-10-11-19-18(12-16)22(2,3)15-23(4,5)28-19/h10-14H,6-7,15H2,1-5H3. The van der Waals surface area contributed by atoms with E-state index in [9.17, 15) is 4.79 Å². The number of nitrogens with zero attached hydrogens (tertiary/aromatic N) is 2. The van der Waals surface area contributed by atoms with Crippen LogP contribution in [0.5, 0.6) is 6.01 Å². The number of benzene rings is 1. The Labute approximate surface area is 171 Å². The first-order chi connectivity index (χ1) is 13.2. The molecule has 0 saturated carbocycles. The average Bonchev–Trinajstić information content (AvgIpc) is 2.60. The van der Waals surface area contributed by atoms with E-state index in [1.165, 1.54) is 10.5 Å². The second-order valence-corrected chi connectivity index (χ2v) is 10.1. The predicted octanol–water partition coefficient (Wildman–Crippen LogP) is 5.13. The van der Waals surface area contributed by atoms with Crippen LogP contribution in [0.25, 0.3) is 0 Å². The lowest BCUT2D eigenvalue weighted by atomic mass is 9.76. The summed E-state index contributed by atoms with van der Waals surface area (Å²) in [4.78, 5) is 21.0. The summed E-state index contributed by atoms with van der Waals surface area (Å²) >= 11 is 1.94. The number of aromatic nitrogens is 2. The minimum atomic E-state index is -0.320. The predicted molar refractivity (Wildman–Crippen MR) is 113 cm³/mol. The Morgan fingerprint density at radius 1 is 1.14 bits per heavy atom. The molecule has 0 radical (unpaired) electrons. The van der Waals surface area contributed by atoms with Crippen LogP contribution < -0.4 is 4.74 Å². The van der Waals surface area contributed by atoms with Crippen LogP contribution in [-0.2, 0) is 10.2 Å². The normalized spacial score (nSPS) is 16.5. The van der Waals surface area contributed by atoms with Gasteiger partial charge in [-0.25, -0.2) is 9.97 Å². The number of esters is 1. The van der Waals surface area contributed by atoms with Gasteiger partial charge in [0.1, 0.15) is 0 Å². The molecule has 146 valence electrons. The van der Waals surface area contributed by atoms with Gasteiger partial charge in [-0.1, -0.05) is 46.5 Å². The van der Waals surface area contributed by atoms with Crippen molar-refractivity contribution in [3.8, 4) is 17.9 Å². The Balaban J connectivity index is 1.77. The van der Waals surface area contributed by atoms with E-state index < -0.39 is 0 Å². The van der Waals surface area contributed by atoms with Crippen LogP contribution in [0.2, 0.25) is 0 Å². The van der Waals surface area contributed by atoms with Crippen molar-refractivity contribution in [2.75, 3.05) is 0 Å². The largest absolute Gasteiger partial charge is 0.391 e. The molecule has 1 aliphatic heterocycles. The number of hydrogen-bond donors (Lipinski definition) is 0. The molecule has 0 unspecified atom stereocenters. The lowest BCUT2D eigenvalue weighted by Crippen LogP contribution is -2.33. The SMILES string of the molecule is CCCC(=O)Oc1ncc(C#Cc2ccc3c(c2)C(C)(C)CC(C)(C)S3)cn1. The topological polar surface area (TPSA) is 52.1 Å². The van der Waals surface area contributed by atoms with Crippen molar-refractivity contribution >= 4 is 17.7 Å². The molecule has 1 aromatic carbocycles. The van der Waals surface area contributed by atoms with Gasteiger partial charge in [0.15, 0.2) is 0 Å². The molecule has 2 heterocycles. The summed E-state index contributed by atoms with van der Waals surface area (Å²) in [7, 11) is 0. The van der Waals surface area contributed by atoms with E-state index in [1.807, 2.05) is 18.7 Å². The van der Waals surface area contributed by atoms with Crippen LogP contribution in [0.4, 0.5) is 0 Å². The van der Waals surface area contributed by atoms with Crippen molar-refractivity contribution in [2.24, 2.45) is 0 Å². The van der Waals surface area contributed by atoms with Crippen LogP contribution in [0.15, 0.2) is 35.5 Å². The van der Waals surface area contributed by atoms with Crippen LogP contribution in [0.3, 0.4) is 0 Å². The first kappa shape index (κ1) is 20.4. The van der Waals surface area contributed by atoms with Crippen molar-refractivity contribution in [2.45, 2.75) is 68.9 Å². The van der Waals surface area contributed by atoms with Gasteiger partial charge >= 0.3 is 12.0 Å². The molecule has 0 aliphatic carbocycles. The highest BCUT2D eigenvalue weighted by Gasteiger charge is 2.37. The van der Waals surface area contributed by atoms with Gasteiger partial charge in [-0.3, -0.25) is 4.79 Å². The van der Waals surface area contributed by atoms with Crippen LogP contribution >= 0.6 is 11.8 Å². The number of carbonyl (C=O) groups is 1. The number of rotatable bonds is 3. The molecule has 0 atom stereocenters. The van der Waals surface area contributed by atoms with E-state index in [1.54, 1.807) is 12.4 Å². The van der Waals surface area contributed by atoms with Crippen molar-refractivity contribution < 1.29 is 9.53 Å². The smallest absolute Gasteiger partial charge is 0.324 e. The first-order valence-corrected chi connectivity index (χ1v) is 10.4. The van der Waals surface area contributed by atoms with E-state index in [2.05, 4.69) is 67.7 Å². The quantitative estimate of drug-likeness (QED) is 0.533. The van der Waals surface area contributed by atoms with Gasteiger partial charge in [0.05, 0.1) is 5.56 Å². The molecule has 4 nitrogen and oxygen atoms in total. The van der Waals surface area contributed by atoms with E-state index in [0.29, 0.717) is 12.0 Å². The second kappa shape index (κ2) is 7.97. The van der Waals surface area contributed by atoms with Crippen molar-refractivity contribution in [1.29, 1.82) is 0 Å². The molecule has 28 heavy (non-hydrogen) atoms. The summed E-state index contributed by atoms with van der Waals surface area (Å²) in [6.45, 7) is 11.1. The van der Waals surface area contributed by atoms with Gasteiger partial charge < -0.3 is 4.74 Å².